The van der Waals surface area contributed by atoms with Gasteiger partial charge in [0.1, 0.15) is 0 Å². The summed E-state index contributed by atoms with van der Waals surface area (Å²) in [7, 11) is -3.54. The summed E-state index contributed by atoms with van der Waals surface area (Å²) >= 11 is 0. The van der Waals surface area contributed by atoms with Gasteiger partial charge in [-0.2, -0.15) is 0 Å². The van der Waals surface area contributed by atoms with Crippen LogP contribution in [0.3, 0.4) is 0 Å². The van der Waals surface area contributed by atoms with E-state index in [9.17, 15) is 13.2 Å². The average Bonchev–Trinajstić information content (AvgIpc) is 3.01. The number of amides is 1. The summed E-state index contributed by atoms with van der Waals surface area (Å²) in [6.07, 6.45) is 2.11. The Bertz CT molecular complexity index is 721. The first-order chi connectivity index (χ1) is 10.4. The summed E-state index contributed by atoms with van der Waals surface area (Å²) in [5, 5.41) is 2.63. The predicted molar refractivity (Wildman–Crippen MR) is 83.2 cm³/mol. The maximum Gasteiger partial charge on any atom is 0.291 e. The number of rotatable bonds is 6. The van der Waals surface area contributed by atoms with Crippen LogP contribution < -0.4 is 10.0 Å². The highest BCUT2D eigenvalue weighted by molar-refractivity contribution is 7.89. The van der Waals surface area contributed by atoms with Crippen LogP contribution in [0, 0.1) is 0 Å². The lowest BCUT2D eigenvalue weighted by molar-refractivity contribution is 0.0996. The fourth-order valence-corrected chi connectivity index (χ4v) is 3.06. The first-order valence-electron chi connectivity index (χ1n) is 6.89. The molecule has 1 aromatic carbocycles. The van der Waals surface area contributed by atoms with Crippen molar-refractivity contribution < 1.29 is 17.6 Å². The monoisotopic (exact) mass is 322 g/mol. The fraction of sp³-hybridized carbons (Fsp3) is 0.267. The first-order valence-corrected chi connectivity index (χ1v) is 8.38. The van der Waals surface area contributed by atoms with E-state index in [0.717, 1.165) is 0 Å². The minimum Gasteiger partial charge on any atom is -0.459 e. The second-order valence-electron chi connectivity index (χ2n) is 4.89. The molecule has 0 spiro atoms. The third-order valence-corrected chi connectivity index (χ3v) is 4.74. The zero-order chi connectivity index (χ0) is 16.2. The third kappa shape index (κ3) is 3.96. The maximum absolute atomic E-state index is 12.1. The van der Waals surface area contributed by atoms with E-state index < -0.39 is 15.9 Å². The van der Waals surface area contributed by atoms with Crippen molar-refractivity contribution in [3.05, 3.63) is 48.4 Å². The van der Waals surface area contributed by atoms with Crippen LogP contribution in [0.1, 0.15) is 30.8 Å². The summed E-state index contributed by atoms with van der Waals surface area (Å²) in [5.41, 5.74) is 0.490. The Morgan fingerprint density at radius 3 is 2.45 bits per heavy atom. The molecule has 2 rings (SSSR count). The van der Waals surface area contributed by atoms with Crippen molar-refractivity contribution in [2.45, 2.75) is 31.2 Å². The van der Waals surface area contributed by atoms with Crippen LogP contribution in [0.15, 0.2) is 52.0 Å². The van der Waals surface area contributed by atoms with Gasteiger partial charge >= 0.3 is 0 Å². The molecule has 1 amide bonds. The zero-order valence-electron chi connectivity index (χ0n) is 12.4. The highest BCUT2D eigenvalue weighted by Crippen LogP contribution is 2.15. The minimum atomic E-state index is -3.54. The highest BCUT2D eigenvalue weighted by Gasteiger charge is 2.16. The number of carbonyl (C=O) groups is 1. The van der Waals surface area contributed by atoms with E-state index in [-0.39, 0.29) is 16.7 Å². The lowest BCUT2D eigenvalue weighted by Gasteiger charge is -2.12. The molecule has 1 aromatic heterocycles. The summed E-state index contributed by atoms with van der Waals surface area (Å²) in [6, 6.07) is 8.99. The van der Waals surface area contributed by atoms with Crippen molar-refractivity contribution in [3.8, 4) is 0 Å². The molecule has 0 radical (unpaired) electrons. The molecule has 0 fully saturated rings. The molecule has 0 aliphatic heterocycles. The molecule has 2 N–H and O–H groups in total. The molecule has 1 heterocycles. The molecular weight excluding hydrogens is 304 g/mol. The quantitative estimate of drug-likeness (QED) is 0.855. The van der Waals surface area contributed by atoms with Gasteiger partial charge < -0.3 is 9.73 Å². The van der Waals surface area contributed by atoms with Crippen LogP contribution in [0.4, 0.5) is 5.69 Å². The molecule has 0 saturated heterocycles. The molecule has 0 aliphatic rings. The van der Waals surface area contributed by atoms with Gasteiger partial charge in [0.2, 0.25) is 10.0 Å². The van der Waals surface area contributed by atoms with E-state index in [4.69, 9.17) is 4.42 Å². The smallest absolute Gasteiger partial charge is 0.291 e. The standard InChI is InChI=1S/C15H18N2O4S/c1-3-11(2)17-22(19,20)13-8-6-12(7-9-13)16-15(18)14-5-4-10-21-14/h4-11,17H,3H2,1-2H3,(H,16,18). The molecule has 1 atom stereocenters. The van der Waals surface area contributed by atoms with Gasteiger partial charge in [0.15, 0.2) is 5.76 Å². The minimum absolute atomic E-state index is 0.136. The molecule has 7 heteroatoms. The lowest BCUT2D eigenvalue weighted by atomic mass is 10.3. The van der Waals surface area contributed by atoms with Crippen LogP contribution >= 0.6 is 0 Å². The highest BCUT2D eigenvalue weighted by atomic mass is 32.2. The third-order valence-electron chi connectivity index (χ3n) is 3.14. The lowest BCUT2D eigenvalue weighted by Crippen LogP contribution is -2.31. The Morgan fingerprint density at radius 1 is 1.23 bits per heavy atom. The summed E-state index contributed by atoms with van der Waals surface area (Å²) < 4.78 is 31.8. The average molecular weight is 322 g/mol. The first kappa shape index (κ1) is 16.3. The summed E-state index contributed by atoms with van der Waals surface area (Å²) in [5.74, 6) is -0.200. The van der Waals surface area contributed by atoms with Crippen molar-refractivity contribution in [1.82, 2.24) is 4.72 Å². The normalized spacial score (nSPS) is 12.8. The molecule has 2 aromatic rings. The van der Waals surface area contributed by atoms with Gasteiger partial charge in [-0.3, -0.25) is 4.79 Å². The van der Waals surface area contributed by atoms with Crippen LogP contribution in [0.2, 0.25) is 0 Å². The van der Waals surface area contributed by atoms with Crippen LogP contribution in [-0.2, 0) is 10.0 Å². The number of benzene rings is 1. The fourth-order valence-electron chi connectivity index (χ4n) is 1.73. The van der Waals surface area contributed by atoms with E-state index in [1.807, 2.05) is 6.92 Å². The Labute approximate surface area is 129 Å². The molecule has 1 unspecified atom stereocenters. The Morgan fingerprint density at radius 2 is 1.91 bits per heavy atom. The van der Waals surface area contributed by atoms with E-state index >= 15 is 0 Å². The number of anilines is 1. The number of sulfonamides is 1. The molecule has 0 aliphatic carbocycles. The molecule has 0 bridgehead atoms. The Kier molecular flexibility index (Phi) is 4.99. The topological polar surface area (TPSA) is 88.4 Å². The SMILES string of the molecule is CCC(C)NS(=O)(=O)c1ccc(NC(=O)c2ccco2)cc1. The number of nitrogens with one attached hydrogen (secondary N) is 2. The van der Waals surface area contributed by atoms with Crippen LogP contribution in [0.5, 0.6) is 0 Å². The Hall–Kier alpha value is -2.12. The number of carbonyl (C=O) groups excluding carboxylic acids is 1. The number of hydrogen-bond acceptors (Lipinski definition) is 4. The Balaban J connectivity index is 2.09. The van der Waals surface area contributed by atoms with Gasteiger partial charge in [0.05, 0.1) is 11.2 Å². The van der Waals surface area contributed by atoms with Crippen molar-refractivity contribution in [3.63, 3.8) is 0 Å². The van der Waals surface area contributed by atoms with E-state index in [2.05, 4.69) is 10.0 Å². The van der Waals surface area contributed by atoms with Gasteiger partial charge in [-0.25, -0.2) is 13.1 Å². The molecule has 118 valence electrons. The summed E-state index contributed by atoms with van der Waals surface area (Å²) in [6.45, 7) is 3.70. The van der Waals surface area contributed by atoms with Crippen LogP contribution in [-0.4, -0.2) is 20.4 Å². The van der Waals surface area contributed by atoms with Crippen molar-refractivity contribution in [2.24, 2.45) is 0 Å². The zero-order valence-corrected chi connectivity index (χ0v) is 13.2. The predicted octanol–water partition coefficient (Wildman–Crippen LogP) is 2.61. The van der Waals surface area contributed by atoms with Crippen molar-refractivity contribution >= 4 is 21.6 Å². The second-order valence-corrected chi connectivity index (χ2v) is 6.60. The second kappa shape index (κ2) is 6.76. The molecule has 0 saturated carbocycles. The number of hydrogen-bond donors (Lipinski definition) is 2. The van der Waals surface area contributed by atoms with Crippen molar-refractivity contribution in [1.29, 1.82) is 0 Å². The van der Waals surface area contributed by atoms with E-state index in [1.54, 1.807) is 19.1 Å². The molecule has 22 heavy (non-hydrogen) atoms. The maximum atomic E-state index is 12.1. The largest absolute Gasteiger partial charge is 0.459 e. The van der Waals surface area contributed by atoms with Gasteiger partial charge in [-0.05, 0) is 49.7 Å². The van der Waals surface area contributed by atoms with Crippen LogP contribution in [0.25, 0.3) is 0 Å². The van der Waals surface area contributed by atoms with E-state index in [0.29, 0.717) is 12.1 Å². The van der Waals surface area contributed by atoms with Gasteiger partial charge in [0.25, 0.3) is 5.91 Å². The van der Waals surface area contributed by atoms with Gasteiger partial charge in [0, 0.05) is 11.7 Å². The molecular formula is C15H18N2O4S. The van der Waals surface area contributed by atoms with Gasteiger partial charge in [-0.1, -0.05) is 6.92 Å². The van der Waals surface area contributed by atoms with E-state index in [1.165, 1.54) is 30.5 Å². The van der Waals surface area contributed by atoms with Crippen molar-refractivity contribution in [2.75, 3.05) is 5.32 Å². The summed E-state index contributed by atoms with van der Waals surface area (Å²) in [4.78, 5) is 12.0. The molecule has 6 nitrogen and oxygen atoms in total. The number of furan rings is 1. The van der Waals surface area contributed by atoms with Gasteiger partial charge in [-0.15, -0.1) is 0 Å².